The number of allylic oxidation sites excluding steroid dienone is 2. The topological polar surface area (TPSA) is 69.1 Å². The molecule has 2 aromatic rings. The second kappa shape index (κ2) is 14.8. The van der Waals surface area contributed by atoms with E-state index >= 15 is 0 Å². The first-order chi connectivity index (χ1) is 14.3. The summed E-state index contributed by atoms with van der Waals surface area (Å²) < 4.78 is 10.4. The Bertz CT molecular complexity index is 689. The minimum absolute atomic E-state index is 0.0552. The van der Waals surface area contributed by atoms with Crippen molar-refractivity contribution in [3.63, 3.8) is 0 Å². The van der Waals surface area contributed by atoms with Crippen LogP contribution in [0.15, 0.2) is 39.7 Å². The maximum atomic E-state index is 12.1. The maximum Gasteiger partial charge on any atom is 0.263 e. The molecule has 2 aromatic heterocycles. The standard InChI is InChI=1S/C24H36N2O3/c1-2-3-4-5-6-7-8-9-10-11-12-13-14-15-16-17-22(27)24-26-21(20-29-24)23-25-18-19-28-23/h9-10,18-20H,2-8,11-17H2,1H3/b10-9-. The van der Waals surface area contributed by atoms with E-state index in [1.54, 1.807) is 0 Å². The van der Waals surface area contributed by atoms with Gasteiger partial charge in [0.2, 0.25) is 11.7 Å². The van der Waals surface area contributed by atoms with Crippen LogP contribution in [0.3, 0.4) is 0 Å². The summed E-state index contributed by atoms with van der Waals surface area (Å²) in [5.41, 5.74) is 0.461. The molecule has 0 N–H and O–H groups in total. The van der Waals surface area contributed by atoms with Gasteiger partial charge in [-0.2, -0.15) is 0 Å². The van der Waals surface area contributed by atoms with Crippen molar-refractivity contribution in [2.45, 2.75) is 96.8 Å². The van der Waals surface area contributed by atoms with E-state index in [0.717, 1.165) is 12.8 Å². The minimum atomic E-state index is -0.0552. The Balaban J connectivity index is 1.42. The highest BCUT2D eigenvalue weighted by atomic mass is 16.4. The zero-order valence-electron chi connectivity index (χ0n) is 17.9. The van der Waals surface area contributed by atoms with Crippen molar-refractivity contribution in [1.82, 2.24) is 9.97 Å². The van der Waals surface area contributed by atoms with E-state index in [1.165, 1.54) is 89.4 Å². The lowest BCUT2D eigenvalue weighted by Crippen LogP contribution is -1.99. The van der Waals surface area contributed by atoms with E-state index < -0.39 is 0 Å². The van der Waals surface area contributed by atoms with Crippen molar-refractivity contribution in [2.75, 3.05) is 0 Å². The number of nitrogens with zero attached hydrogens (tertiary/aromatic N) is 2. The van der Waals surface area contributed by atoms with Gasteiger partial charge in [-0.3, -0.25) is 4.79 Å². The summed E-state index contributed by atoms with van der Waals surface area (Å²) in [4.78, 5) is 20.3. The molecule has 2 rings (SSSR count). The fraction of sp³-hybridized carbons (Fsp3) is 0.625. The summed E-state index contributed by atoms with van der Waals surface area (Å²) in [6, 6.07) is 0. The second-order valence-corrected chi connectivity index (χ2v) is 7.63. The van der Waals surface area contributed by atoms with Gasteiger partial charge < -0.3 is 8.83 Å². The van der Waals surface area contributed by atoms with Crippen molar-refractivity contribution in [1.29, 1.82) is 0 Å². The van der Waals surface area contributed by atoms with Gasteiger partial charge in [0, 0.05) is 6.42 Å². The first-order valence-electron chi connectivity index (χ1n) is 11.3. The van der Waals surface area contributed by atoms with Crippen LogP contribution in [-0.2, 0) is 0 Å². The molecule has 0 aliphatic heterocycles. The van der Waals surface area contributed by atoms with Gasteiger partial charge in [-0.1, -0.05) is 70.4 Å². The number of hydrogen-bond acceptors (Lipinski definition) is 5. The molecule has 5 heteroatoms. The van der Waals surface area contributed by atoms with Crippen LogP contribution in [-0.4, -0.2) is 15.8 Å². The van der Waals surface area contributed by atoms with Crippen molar-refractivity contribution in [3.05, 3.63) is 36.8 Å². The molecule has 0 spiro atoms. The Morgan fingerprint density at radius 1 is 0.897 bits per heavy atom. The largest absolute Gasteiger partial charge is 0.443 e. The van der Waals surface area contributed by atoms with E-state index in [0.29, 0.717) is 18.0 Å². The number of unbranched alkanes of at least 4 members (excludes halogenated alkanes) is 11. The molecule has 0 radical (unpaired) electrons. The number of Topliss-reactive ketones (excluding diaryl/α,β-unsaturated/α-hetero) is 1. The highest BCUT2D eigenvalue weighted by Gasteiger charge is 2.15. The van der Waals surface area contributed by atoms with Crippen LogP contribution in [0.25, 0.3) is 11.6 Å². The molecule has 0 aromatic carbocycles. The lowest BCUT2D eigenvalue weighted by Gasteiger charge is -2.00. The quantitative estimate of drug-likeness (QED) is 0.156. The van der Waals surface area contributed by atoms with Crippen LogP contribution in [0.5, 0.6) is 0 Å². The molecular weight excluding hydrogens is 364 g/mol. The molecule has 0 atom stereocenters. The molecule has 5 nitrogen and oxygen atoms in total. The summed E-state index contributed by atoms with van der Waals surface area (Å²) in [7, 11) is 0. The Hall–Kier alpha value is -2.17. The molecule has 0 fully saturated rings. The van der Waals surface area contributed by atoms with E-state index in [4.69, 9.17) is 8.83 Å². The number of oxazole rings is 2. The Morgan fingerprint density at radius 2 is 1.55 bits per heavy atom. The number of hydrogen-bond donors (Lipinski definition) is 0. The van der Waals surface area contributed by atoms with Crippen LogP contribution in [0, 0.1) is 0 Å². The van der Waals surface area contributed by atoms with Gasteiger partial charge in [-0.15, -0.1) is 0 Å². The minimum Gasteiger partial charge on any atom is -0.443 e. The lowest BCUT2D eigenvalue weighted by molar-refractivity contribution is 0.0945. The highest BCUT2D eigenvalue weighted by molar-refractivity contribution is 5.92. The van der Waals surface area contributed by atoms with Gasteiger partial charge >= 0.3 is 0 Å². The molecule has 160 valence electrons. The first-order valence-corrected chi connectivity index (χ1v) is 11.3. The average Bonchev–Trinajstić information content (AvgIpc) is 3.42. The van der Waals surface area contributed by atoms with Gasteiger partial charge in [0.05, 0.1) is 6.20 Å². The van der Waals surface area contributed by atoms with Crippen LogP contribution in [0.4, 0.5) is 0 Å². The van der Waals surface area contributed by atoms with E-state index in [1.807, 2.05) is 0 Å². The zero-order chi connectivity index (χ0) is 20.6. The first kappa shape index (κ1) is 23.1. The molecule has 0 amide bonds. The van der Waals surface area contributed by atoms with Crippen molar-refractivity contribution < 1.29 is 13.6 Å². The summed E-state index contributed by atoms with van der Waals surface area (Å²) in [5.74, 6) is 0.461. The third-order valence-electron chi connectivity index (χ3n) is 5.06. The Kier molecular flexibility index (Phi) is 11.8. The average molecular weight is 401 g/mol. The zero-order valence-corrected chi connectivity index (χ0v) is 17.9. The SMILES string of the molecule is CCCCCCCC/C=C\CCCCCCCC(=O)c1nc(-c2ncco2)co1. The predicted octanol–water partition coefficient (Wildman–Crippen LogP) is 7.55. The summed E-state index contributed by atoms with van der Waals surface area (Å²) in [5, 5.41) is 0. The molecule has 0 saturated heterocycles. The summed E-state index contributed by atoms with van der Waals surface area (Å²) >= 11 is 0. The van der Waals surface area contributed by atoms with Gasteiger partial charge in [-0.05, 0) is 32.1 Å². The molecule has 0 saturated carbocycles. The monoisotopic (exact) mass is 400 g/mol. The highest BCUT2D eigenvalue weighted by Crippen LogP contribution is 2.18. The third-order valence-corrected chi connectivity index (χ3v) is 5.06. The summed E-state index contributed by atoms with van der Waals surface area (Å²) in [6.45, 7) is 2.26. The second-order valence-electron chi connectivity index (χ2n) is 7.63. The molecule has 0 aliphatic rings. The van der Waals surface area contributed by atoms with Crippen molar-refractivity contribution in [3.8, 4) is 11.6 Å². The van der Waals surface area contributed by atoms with Crippen LogP contribution >= 0.6 is 0 Å². The van der Waals surface area contributed by atoms with Gasteiger partial charge in [0.1, 0.15) is 12.5 Å². The molecular formula is C24H36N2O3. The number of ketones is 1. The van der Waals surface area contributed by atoms with Crippen LogP contribution in [0.2, 0.25) is 0 Å². The van der Waals surface area contributed by atoms with Crippen molar-refractivity contribution >= 4 is 5.78 Å². The van der Waals surface area contributed by atoms with Gasteiger partial charge in [0.15, 0.2) is 5.69 Å². The van der Waals surface area contributed by atoms with E-state index in [9.17, 15) is 4.79 Å². The molecule has 0 bridgehead atoms. The number of aromatic nitrogens is 2. The molecule has 29 heavy (non-hydrogen) atoms. The predicted molar refractivity (Wildman–Crippen MR) is 116 cm³/mol. The fourth-order valence-corrected chi connectivity index (χ4v) is 3.31. The Labute approximate surface area is 175 Å². The van der Waals surface area contributed by atoms with E-state index in [-0.39, 0.29) is 11.7 Å². The number of carbonyl (C=O) groups is 1. The fourth-order valence-electron chi connectivity index (χ4n) is 3.31. The summed E-state index contributed by atoms with van der Waals surface area (Å²) in [6.07, 6.45) is 25.8. The third kappa shape index (κ3) is 9.73. The number of carbonyl (C=O) groups excluding carboxylic acids is 1. The molecule has 0 unspecified atom stereocenters. The van der Waals surface area contributed by atoms with Gasteiger partial charge in [0.25, 0.3) is 5.89 Å². The smallest absolute Gasteiger partial charge is 0.263 e. The normalized spacial score (nSPS) is 11.5. The number of rotatable bonds is 17. The Morgan fingerprint density at radius 3 is 2.21 bits per heavy atom. The van der Waals surface area contributed by atoms with Crippen molar-refractivity contribution in [2.24, 2.45) is 0 Å². The molecule has 0 aliphatic carbocycles. The van der Waals surface area contributed by atoms with Gasteiger partial charge in [-0.25, -0.2) is 9.97 Å². The lowest BCUT2D eigenvalue weighted by atomic mass is 10.1. The van der Waals surface area contributed by atoms with Crippen LogP contribution < -0.4 is 0 Å². The maximum absolute atomic E-state index is 12.1. The van der Waals surface area contributed by atoms with E-state index in [2.05, 4.69) is 29.0 Å². The molecule has 2 heterocycles. The van der Waals surface area contributed by atoms with Crippen LogP contribution in [0.1, 0.15) is 108 Å².